The second-order valence-corrected chi connectivity index (χ2v) is 5.58. The lowest BCUT2D eigenvalue weighted by molar-refractivity contribution is -0.199. The normalized spacial score (nSPS) is 12.7. The van der Waals surface area contributed by atoms with Gasteiger partial charge in [-0.2, -0.15) is 0 Å². The number of rotatable bonds is 8. The molecule has 0 amide bonds. The molecule has 124 valence electrons. The van der Waals surface area contributed by atoms with Crippen LogP contribution in [0, 0.1) is 0 Å². The van der Waals surface area contributed by atoms with Gasteiger partial charge >= 0.3 is 0 Å². The van der Waals surface area contributed by atoms with Crippen molar-refractivity contribution in [3.63, 3.8) is 0 Å². The van der Waals surface area contributed by atoms with Crippen LogP contribution >= 0.6 is 0 Å². The predicted octanol–water partition coefficient (Wildman–Crippen LogP) is 4.25. The summed E-state index contributed by atoms with van der Waals surface area (Å²) < 4.78 is 16.3. The first-order valence-corrected chi connectivity index (χ1v) is 7.66. The zero-order chi connectivity index (χ0) is 16.7. The molecule has 1 atom stereocenters. The van der Waals surface area contributed by atoms with E-state index in [2.05, 4.69) is 17.4 Å². The third kappa shape index (κ3) is 4.71. The standard InChI is InChI=1S/C19H25NO3/c1-19(22-3,23-4)14-18(15-8-6-5-7-9-15)20-16-10-12-17(21-2)13-11-16/h5-13,18,20H,14H2,1-4H3. The van der Waals surface area contributed by atoms with E-state index in [4.69, 9.17) is 14.2 Å². The molecule has 0 aliphatic carbocycles. The van der Waals surface area contributed by atoms with Gasteiger partial charge in [-0.1, -0.05) is 30.3 Å². The Morgan fingerprint density at radius 1 is 0.913 bits per heavy atom. The van der Waals surface area contributed by atoms with Crippen LogP contribution < -0.4 is 10.1 Å². The van der Waals surface area contributed by atoms with Crippen molar-refractivity contribution in [3.8, 4) is 5.75 Å². The molecule has 1 N–H and O–H groups in total. The van der Waals surface area contributed by atoms with Crippen molar-refractivity contribution in [2.24, 2.45) is 0 Å². The van der Waals surface area contributed by atoms with Crippen LogP contribution in [0.1, 0.15) is 24.9 Å². The molecule has 0 aromatic heterocycles. The van der Waals surface area contributed by atoms with Crippen LogP contribution in [0.3, 0.4) is 0 Å². The van der Waals surface area contributed by atoms with Crippen LogP contribution in [0.15, 0.2) is 54.6 Å². The molecule has 1 unspecified atom stereocenters. The van der Waals surface area contributed by atoms with Crippen molar-refractivity contribution < 1.29 is 14.2 Å². The highest BCUT2D eigenvalue weighted by Crippen LogP contribution is 2.30. The number of hydrogen-bond acceptors (Lipinski definition) is 4. The van der Waals surface area contributed by atoms with E-state index in [1.165, 1.54) is 5.56 Å². The minimum absolute atomic E-state index is 0.0643. The van der Waals surface area contributed by atoms with E-state index in [1.54, 1.807) is 21.3 Å². The Morgan fingerprint density at radius 3 is 2.04 bits per heavy atom. The van der Waals surface area contributed by atoms with Crippen LogP contribution in [0.4, 0.5) is 5.69 Å². The molecule has 0 heterocycles. The Balaban J connectivity index is 2.22. The summed E-state index contributed by atoms with van der Waals surface area (Å²) in [4.78, 5) is 0. The first-order chi connectivity index (χ1) is 11.1. The molecule has 0 bridgehead atoms. The molecule has 2 aromatic carbocycles. The van der Waals surface area contributed by atoms with Crippen molar-refractivity contribution >= 4 is 5.69 Å². The van der Waals surface area contributed by atoms with E-state index in [-0.39, 0.29) is 6.04 Å². The Kier molecular flexibility index (Phi) is 6.02. The van der Waals surface area contributed by atoms with E-state index in [9.17, 15) is 0 Å². The van der Waals surface area contributed by atoms with Gasteiger partial charge in [0.1, 0.15) is 5.75 Å². The van der Waals surface area contributed by atoms with Gasteiger partial charge in [0.2, 0.25) is 0 Å². The highest BCUT2D eigenvalue weighted by Gasteiger charge is 2.28. The maximum atomic E-state index is 5.53. The molecule has 0 saturated carbocycles. The monoisotopic (exact) mass is 315 g/mol. The molecule has 2 rings (SSSR count). The molecular weight excluding hydrogens is 290 g/mol. The lowest BCUT2D eigenvalue weighted by Gasteiger charge is -2.32. The number of benzene rings is 2. The first-order valence-electron chi connectivity index (χ1n) is 7.66. The van der Waals surface area contributed by atoms with Crippen LogP contribution in [-0.2, 0) is 9.47 Å². The predicted molar refractivity (Wildman–Crippen MR) is 92.8 cm³/mol. The van der Waals surface area contributed by atoms with Crippen molar-refractivity contribution in [1.82, 2.24) is 0 Å². The summed E-state index contributed by atoms with van der Waals surface area (Å²) in [5.74, 6) is 0.186. The topological polar surface area (TPSA) is 39.7 Å². The van der Waals surface area contributed by atoms with Crippen LogP contribution in [0.5, 0.6) is 5.75 Å². The number of hydrogen-bond donors (Lipinski definition) is 1. The summed E-state index contributed by atoms with van der Waals surface area (Å²) in [6, 6.07) is 18.3. The number of anilines is 1. The molecule has 4 nitrogen and oxygen atoms in total. The summed E-state index contributed by atoms with van der Waals surface area (Å²) in [6.07, 6.45) is 0.677. The smallest absolute Gasteiger partial charge is 0.167 e. The van der Waals surface area contributed by atoms with Gasteiger partial charge in [-0.25, -0.2) is 0 Å². The summed E-state index contributed by atoms with van der Waals surface area (Å²) in [5, 5.41) is 3.56. The van der Waals surface area contributed by atoms with Crippen LogP contribution in [-0.4, -0.2) is 27.1 Å². The molecule has 0 aliphatic rings. The number of ether oxygens (including phenoxy) is 3. The Labute approximate surface area is 138 Å². The molecule has 4 heteroatoms. The summed E-state index contributed by atoms with van der Waals surface area (Å²) >= 11 is 0. The minimum Gasteiger partial charge on any atom is -0.497 e. The molecule has 2 aromatic rings. The van der Waals surface area contributed by atoms with E-state index >= 15 is 0 Å². The van der Waals surface area contributed by atoms with Crippen molar-refractivity contribution in [3.05, 3.63) is 60.2 Å². The second kappa shape index (κ2) is 7.99. The van der Waals surface area contributed by atoms with Gasteiger partial charge in [0.15, 0.2) is 5.79 Å². The molecule has 0 spiro atoms. The molecule has 0 fully saturated rings. The second-order valence-electron chi connectivity index (χ2n) is 5.58. The molecule has 0 saturated heterocycles. The van der Waals surface area contributed by atoms with Crippen molar-refractivity contribution in [1.29, 1.82) is 0 Å². The zero-order valence-corrected chi connectivity index (χ0v) is 14.2. The molecular formula is C19H25NO3. The maximum absolute atomic E-state index is 5.53. The number of nitrogens with one attached hydrogen (secondary N) is 1. The van der Waals surface area contributed by atoms with Crippen LogP contribution in [0.25, 0.3) is 0 Å². The van der Waals surface area contributed by atoms with E-state index in [1.807, 2.05) is 49.4 Å². The molecule has 0 radical (unpaired) electrons. The van der Waals surface area contributed by atoms with E-state index in [0.29, 0.717) is 6.42 Å². The van der Waals surface area contributed by atoms with Gasteiger partial charge in [-0.3, -0.25) is 0 Å². The van der Waals surface area contributed by atoms with Crippen molar-refractivity contribution in [2.75, 3.05) is 26.6 Å². The summed E-state index contributed by atoms with van der Waals surface area (Å²) in [7, 11) is 5.00. The average molecular weight is 315 g/mol. The fraction of sp³-hybridized carbons (Fsp3) is 0.368. The minimum atomic E-state index is -0.653. The zero-order valence-electron chi connectivity index (χ0n) is 14.2. The lowest BCUT2D eigenvalue weighted by Crippen LogP contribution is -2.33. The Bertz CT molecular complexity index is 579. The van der Waals surface area contributed by atoms with Gasteiger partial charge in [0.25, 0.3) is 0 Å². The van der Waals surface area contributed by atoms with E-state index < -0.39 is 5.79 Å². The average Bonchev–Trinajstić information content (AvgIpc) is 2.62. The van der Waals surface area contributed by atoms with Gasteiger partial charge in [0, 0.05) is 26.3 Å². The van der Waals surface area contributed by atoms with Crippen LogP contribution in [0.2, 0.25) is 0 Å². The quantitative estimate of drug-likeness (QED) is 0.739. The SMILES string of the molecule is COc1ccc(NC(CC(C)(OC)OC)c2ccccc2)cc1. The fourth-order valence-corrected chi connectivity index (χ4v) is 2.45. The van der Waals surface area contributed by atoms with E-state index in [0.717, 1.165) is 11.4 Å². The number of methoxy groups -OCH3 is 3. The fourth-order valence-electron chi connectivity index (χ4n) is 2.45. The third-order valence-electron chi connectivity index (χ3n) is 4.07. The van der Waals surface area contributed by atoms with Gasteiger partial charge in [-0.05, 0) is 36.8 Å². The first kappa shape index (κ1) is 17.3. The highest BCUT2D eigenvalue weighted by molar-refractivity contribution is 5.48. The van der Waals surface area contributed by atoms with Crippen molar-refractivity contribution in [2.45, 2.75) is 25.2 Å². The Hall–Kier alpha value is -2.04. The van der Waals surface area contributed by atoms with Gasteiger partial charge < -0.3 is 19.5 Å². The highest BCUT2D eigenvalue weighted by atomic mass is 16.7. The molecule has 0 aliphatic heterocycles. The van der Waals surface area contributed by atoms with Gasteiger partial charge in [0.05, 0.1) is 13.2 Å². The lowest BCUT2D eigenvalue weighted by atomic mass is 9.98. The maximum Gasteiger partial charge on any atom is 0.167 e. The van der Waals surface area contributed by atoms with Gasteiger partial charge in [-0.15, -0.1) is 0 Å². The summed E-state index contributed by atoms with van der Waals surface area (Å²) in [6.45, 7) is 1.94. The third-order valence-corrected chi connectivity index (χ3v) is 4.07. The Morgan fingerprint density at radius 2 is 1.52 bits per heavy atom. The largest absolute Gasteiger partial charge is 0.497 e. The molecule has 23 heavy (non-hydrogen) atoms. The summed E-state index contributed by atoms with van der Waals surface area (Å²) in [5.41, 5.74) is 2.21.